The summed E-state index contributed by atoms with van der Waals surface area (Å²) < 4.78 is 23.4. The highest BCUT2D eigenvalue weighted by molar-refractivity contribution is 6.30. The summed E-state index contributed by atoms with van der Waals surface area (Å²) in [6.07, 6.45) is 0.444. The van der Waals surface area contributed by atoms with Crippen molar-refractivity contribution in [2.75, 3.05) is 13.2 Å². The first-order valence-electron chi connectivity index (χ1n) is 7.39. The predicted octanol–water partition coefficient (Wildman–Crippen LogP) is 3.46. The minimum absolute atomic E-state index is 0.193. The second-order valence-corrected chi connectivity index (χ2v) is 5.94. The van der Waals surface area contributed by atoms with Crippen molar-refractivity contribution in [3.63, 3.8) is 0 Å². The average molecular weight is 349 g/mol. The van der Waals surface area contributed by atoms with Crippen molar-refractivity contribution in [2.24, 2.45) is 5.92 Å². The Morgan fingerprint density at radius 3 is 2.71 bits per heavy atom. The standard InChI is InChI=1S/C18H14ClFO4/c19-14-3-6-17-12(8-14)7-13(9-23-17)18(22)24-10-16(21)11-1-4-15(20)5-2-11/h1-6,8,13H,7,9-10H2/t13-/m0/s1. The maximum Gasteiger partial charge on any atom is 0.313 e. The number of ketones is 1. The first-order chi connectivity index (χ1) is 11.5. The zero-order valence-corrected chi connectivity index (χ0v) is 13.4. The van der Waals surface area contributed by atoms with E-state index in [2.05, 4.69) is 0 Å². The molecule has 124 valence electrons. The fourth-order valence-corrected chi connectivity index (χ4v) is 2.68. The summed E-state index contributed by atoms with van der Waals surface area (Å²) in [6.45, 7) is -0.193. The van der Waals surface area contributed by atoms with Crippen LogP contribution in [0.2, 0.25) is 5.02 Å². The van der Waals surface area contributed by atoms with Crippen LogP contribution in [0, 0.1) is 11.7 Å². The summed E-state index contributed by atoms with van der Waals surface area (Å²) in [5.41, 5.74) is 1.13. The number of hydrogen-bond donors (Lipinski definition) is 0. The minimum atomic E-state index is -0.504. The van der Waals surface area contributed by atoms with Crippen LogP contribution in [-0.2, 0) is 16.0 Å². The Morgan fingerprint density at radius 1 is 1.21 bits per heavy atom. The highest BCUT2D eigenvalue weighted by atomic mass is 35.5. The average Bonchev–Trinajstić information content (AvgIpc) is 2.59. The summed E-state index contributed by atoms with van der Waals surface area (Å²) in [7, 11) is 0. The SMILES string of the molecule is O=C(COC(=O)[C@@H]1COc2ccc(Cl)cc2C1)c1ccc(F)cc1. The lowest BCUT2D eigenvalue weighted by Crippen LogP contribution is -2.31. The Hall–Kier alpha value is -2.40. The van der Waals surface area contributed by atoms with Gasteiger partial charge in [0.05, 0.1) is 5.92 Å². The van der Waals surface area contributed by atoms with Crippen molar-refractivity contribution in [1.82, 2.24) is 0 Å². The van der Waals surface area contributed by atoms with Gasteiger partial charge in [0, 0.05) is 10.6 Å². The van der Waals surface area contributed by atoms with Crippen LogP contribution in [0.3, 0.4) is 0 Å². The fourth-order valence-electron chi connectivity index (χ4n) is 2.49. The lowest BCUT2D eigenvalue weighted by molar-refractivity contribution is -0.148. The largest absolute Gasteiger partial charge is 0.492 e. The van der Waals surface area contributed by atoms with Gasteiger partial charge in [0.1, 0.15) is 18.2 Å². The third-order valence-electron chi connectivity index (χ3n) is 3.77. The molecule has 3 rings (SSSR count). The molecule has 1 atom stereocenters. The molecule has 4 nitrogen and oxygen atoms in total. The van der Waals surface area contributed by atoms with E-state index in [1.165, 1.54) is 24.3 Å². The van der Waals surface area contributed by atoms with Crippen molar-refractivity contribution in [1.29, 1.82) is 0 Å². The zero-order chi connectivity index (χ0) is 17.1. The van der Waals surface area contributed by atoms with Gasteiger partial charge in [0.25, 0.3) is 0 Å². The van der Waals surface area contributed by atoms with Crippen LogP contribution in [0.5, 0.6) is 5.75 Å². The number of benzene rings is 2. The van der Waals surface area contributed by atoms with Crippen molar-refractivity contribution in [2.45, 2.75) is 6.42 Å². The lowest BCUT2D eigenvalue weighted by atomic mass is 9.97. The summed E-state index contributed by atoms with van der Waals surface area (Å²) >= 11 is 5.94. The second kappa shape index (κ2) is 7.01. The molecule has 1 aliphatic heterocycles. The Kier molecular flexibility index (Phi) is 4.81. The van der Waals surface area contributed by atoms with Gasteiger partial charge in [-0.2, -0.15) is 0 Å². The van der Waals surface area contributed by atoms with E-state index < -0.39 is 17.7 Å². The molecular formula is C18H14ClFO4. The highest BCUT2D eigenvalue weighted by Gasteiger charge is 2.28. The smallest absolute Gasteiger partial charge is 0.313 e. The molecule has 0 radical (unpaired) electrons. The molecule has 1 aliphatic rings. The monoisotopic (exact) mass is 348 g/mol. The van der Waals surface area contributed by atoms with Crippen molar-refractivity contribution < 1.29 is 23.5 Å². The van der Waals surface area contributed by atoms with E-state index in [0.717, 1.165) is 5.56 Å². The van der Waals surface area contributed by atoms with E-state index in [1.54, 1.807) is 18.2 Å². The van der Waals surface area contributed by atoms with Gasteiger partial charge in [-0.15, -0.1) is 0 Å². The molecule has 0 N–H and O–H groups in total. The molecule has 0 fully saturated rings. The van der Waals surface area contributed by atoms with Crippen LogP contribution >= 0.6 is 11.6 Å². The summed E-state index contributed by atoms with van der Waals surface area (Å²) in [5.74, 6) is -1.11. The van der Waals surface area contributed by atoms with E-state index in [9.17, 15) is 14.0 Å². The molecule has 0 spiro atoms. The first kappa shape index (κ1) is 16.5. The number of halogens is 2. The number of rotatable bonds is 4. The molecule has 0 aliphatic carbocycles. The molecule has 0 bridgehead atoms. The van der Waals surface area contributed by atoms with E-state index in [0.29, 0.717) is 22.8 Å². The van der Waals surface area contributed by atoms with Gasteiger partial charge in [0.15, 0.2) is 12.4 Å². The molecule has 2 aromatic rings. The van der Waals surface area contributed by atoms with Crippen LogP contribution in [0.25, 0.3) is 0 Å². The number of hydrogen-bond acceptors (Lipinski definition) is 4. The number of carbonyl (C=O) groups is 2. The number of Topliss-reactive ketones (excluding diaryl/α,β-unsaturated/α-hetero) is 1. The number of fused-ring (bicyclic) bond motifs is 1. The van der Waals surface area contributed by atoms with Crippen LogP contribution in [0.1, 0.15) is 15.9 Å². The Morgan fingerprint density at radius 2 is 1.96 bits per heavy atom. The molecule has 0 saturated carbocycles. The van der Waals surface area contributed by atoms with Crippen LogP contribution < -0.4 is 4.74 Å². The third kappa shape index (κ3) is 3.74. The summed E-state index contributed by atoms with van der Waals surface area (Å²) in [6, 6.07) is 10.3. The number of carbonyl (C=O) groups excluding carboxylic acids is 2. The van der Waals surface area contributed by atoms with Gasteiger partial charge < -0.3 is 9.47 Å². The van der Waals surface area contributed by atoms with Crippen LogP contribution in [0.4, 0.5) is 4.39 Å². The fraction of sp³-hybridized carbons (Fsp3) is 0.222. The van der Waals surface area contributed by atoms with Gasteiger partial charge in [-0.05, 0) is 54.4 Å². The molecule has 0 aromatic heterocycles. The van der Waals surface area contributed by atoms with E-state index in [1.807, 2.05) is 0 Å². The number of esters is 1. The van der Waals surface area contributed by atoms with Crippen molar-refractivity contribution >= 4 is 23.4 Å². The van der Waals surface area contributed by atoms with E-state index in [-0.39, 0.29) is 19.0 Å². The first-order valence-corrected chi connectivity index (χ1v) is 7.77. The topological polar surface area (TPSA) is 52.6 Å². The molecule has 6 heteroatoms. The highest BCUT2D eigenvalue weighted by Crippen LogP contribution is 2.30. The summed E-state index contributed by atoms with van der Waals surface area (Å²) in [4.78, 5) is 24.1. The molecule has 2 aromatic carbocycles. The molecule has 0 amide bonds. The Balaban J connectivity index is 1.58. The van der Waals surface area contributed by atoms with Gasteiger partial charge >= 0.3 is 5.97 Å². The van der Waals surface area contributed by atoms with Crippen molar-refractivity contribution in [3.05, 3.63) is 64.4 Å². The minimum Gasteiger partial charge on any atom is -0.492 e. The Labute approximate surface area is 143 Å². The van der Waals surface area contributed by atoms with Crippen molar-refractivity contribution in [3.8, 4) is 5.75 Å². The Bertz CT molecular complexity index is 773. The molecule has 24 heavy (non-hydrogen) atoms. The van der Waals surface area contributed by atoms with Crippen LogP contribution in [-0.4, -0.2) is 25.0 Å². The maximum absolute atomic E-state index is 12.8. The quantitative estimate of drug-likeness (QED) is 0.627. The second-order valence-electron chi connectivity index (χ2n) is 5.50. The zero-order valence-electron chi connectivity index (χ0n) is 12.6. The molecule has 0 saturated heterocycles. The third-order valence-corrected chi connectivity index (χ3v) is 4.01. The molecule has 1 heterocycles. The maximum atomic E-state index is 12.8. The van der Waals surface area contributed by atoms with Gasteiger partial charge in [0.2, 0.25) is 0 Å². The summed E-state index contributed by atoms with van der Waals surface area (Å²) in [5, 5.41) is 0.567. The molecular weight excluding hydrogens is 335 g/mol. The van der Waals surface area contributed by atoms with E-state index >= 15 is 0 Å². The predicted molar refractivity (Wildman–Crippen MR) is 85.8 cm³/mol. The normalized spacial score (nSPS) is 16.0. The number of ether oxygens (including phenoxy) is 2. The molecule has 0 unspecified atom stereocenters. The van der Waals surface area contributed by atoms with E-state index in [4.69, 9.17) is 21.1 Å². The van der Waals surface area contributed by atoms with Crippen LogP contribution in [0.15, 0.2) is 42.5 Å². The van der Waals surface area contributed by atoms with Gasteiger partial charge in [-0.3, -0.25) is 9.59 Å². The van der Waals surface area contributed by atoms with Gasteiger partial charge in [-0.1, -0.05) is 11.6 Å². The lowest BCUT2D eigenvalue weighted by Gasteiger charge is -2.24. The van der Waals surface area contributed by atoms with Gasteiger partial charge in [-0.25, -0.2) is 4.39 Å².